The van der Waals surface area contributed by atoms with E-state index in [1.807, 2.05) is 30.3 Å². The molecule has 1 aliphatic carbocycles. The summed E-state index contributed by atoms with van der Waals surface area (Å²) in [4.78, 5) is 67.8. The summed E-state index contributed by atoms with van der Waals surface area (Å²) in [6.07, 6.45) is 2.62. The van der Waals surface area contributed by atoms with E-state index in [-0.39, 0.29) is 24.6 Å². The van der Waals surface area contributed by atoms with Crippen molar-refractivity contribution in [3.63, 3.8) is 0 Å². The molecule has 0 saturated carbocycles. The van der Waals surface area contributed by atoms with Crippen molar-refractivity contribution in [2.24, 2.45) is 5.92 Å². The second-order valence-corrected chi connectivity index (χ2v) is 14.0. The Morgan fingerprint density at radius 1 is 0.865 bits per heavy atom. The average molecular weight is 716 g/mol. The molecule has 1 aromatic heterocycles. The monoisotopic (exact) mass is 715 g/mol. The normalized spacial score (nSPS) is 24.0. The third kappa shape index (κ3) is 9.75. The fraction of sp³-hybridized carbons (Fsp3) is 0.474. The zero-order valence-corrected chi connectivity index (χ0v) is 30.0. The van der Waals surface area contributed by atoms with Crippen LogP contribution in [0.1, 0.15) is 73.4 Å². The van der Waals surface area contributed by atoms with Crippen molar-refractivity contribution in [3.8, 4) is 5.75 Å². The summed E-state index contributed by atoms with van der Waals surface area (Å²) in [7, 11) is 0. The van der Waals surface area contributed by atoms with Gasteiger partial charge in [-0.05, 0) is 75.1 Å². The SMILES string of the molecule is CC(C)[C@H]1NC(=O)[C@H]([C@@H](C)O)NC(=O)[C@@H](C)NC(=O)[C@@H](NC(=O)c2n[nH]c3c2CCCC3)Cc2ccc(cc2)OC[C@H](Cc2ccccc2)NC1=O. The maximum absolute atomic E-state index is 13.7. The maximum Gasteiger partial charge on any atom is 0.272 e. The van der Waals surface area contributed by atoms with Crippen LogP contribution in [0.4, 0.5) is 0 Å². The van der Waals surface area contributed by atoms with E-state index in [2.05, 4.69) is 36.8 Å². The number of H-pyrrole nitrogens is 1. The summed E-state index contributed by atoms with van der Waals surface area (Å²) in [5.74, 6) is -2.93. The summed E-state index contributed by atoms with van der Waals surface area (Å²) in [6, 6.07) is 11.5. The first-order chi connectivity index (χ1) is 24.9. The molecule has 0 radical (unpaired) electrons. The van der Waals surface area contributed by atoms with E-state index in [9.17, 15) is 29.1 Å². The Hall–Kier alpha value is -5.24. The molecule has 0 saturated heterocycles. The van der Waals surface area contributed by atoms with E-state index < -0.39 is 65.8 Å². The van der Waals surface area contributed by atoms with Gasteiger partial charge in [-0.15, -0.1) is 0 Å². The molecular formula is C38H49N7O7. The molecule has 14 heteroatoms. The van der Waals surface area contributed by atoms with E-state index in [1.54, 1.807) is 38.1 Å². The first-order valence-electron chi connectivity index (χ1n) is 17.9. The van der Waals surface area contributed by atoms with Gasteiger partial charge in [-0.3, -0.25) is 29.1 Å². The van der Waals surface area contributed by atoms with Crippen molar-refractivity contribution in [2.75, 3.05) is 6.61 Å². The molecule has 2 aliphatic heterocycles. The molecule has 5 amide bonds. The van der Waals surface area contributed by atoms with Gasteiger partial charge in [0.2, 0.25) is 23.6 Å². The van der Waals surface area contributed by atoms with Gasteiger partial charge < -0.3 is 36.4 Å². The molecule has 0 fully saturated rings. The molecule has 2 aromatic carbocycles. The van der Waals surface area contributed by atoms with Crippen LogP contribution in [0.5, 0.6) is 5.75 Å². The minimum Gasteiger partial charge on any atom is -0.491 e. The predicted molar refractivity (Wildman–Crippen MR) is 192 cm³/mol. The number of aliphatic hydroxyl groups is 1. The van der Waals surface area contributed by atoms with Crippen LogP contribution in [0.25, 0.3) is 0 Å². The van der Waals surface area contributed by atoms with Gasteiger partial charge in [-0.2, -0.15) is 5.10 Å². The third-order valence-electron chi connectivity index (χ3n) is 9.44. The Kier molecular flexibility index (Phi) is 12.7. The van der Waals surface area contributed by atoms with E-state index in [4.69, 9.17) is 4.74 Å². The van der Waals surface area contributed by atoms with Crippen molar-refractivity contribution < 1.29 is 33.8 Å². The summed E-state index contributed by atoms with van der Waals surface area (Å²) >= 11 is 0. The van der Waals surface area contributed by atoms with Crippen LogP contribution in [-0.4, -0.2) is 87.8 Å². The number of aromatic nitrogens is 2. The lowest BCUT2D eigenvalue weighted by molar-refractivity contribution is -0.136. The highest BCUT2D eigenvalue weighted by molar-refractivity contribution is 5.99. The van der Waals surface area contributed by atoms with Crippen molar-refractivity contribution in [1.82, 2.24) is 36.8 Å². The number of amides is 5. The predicted octanol–water partition coefficient (Wildman–Crippen LogP) is 1.26. The van der Waals surface area contributed by atoms with Crippen molar-refractivity contribution >= 4 is 29.5 Å². The largest absolute Gasteiger partial charge is 0.491 e. The van der Waals surface area contributed by atoms with Crippen LogP contribution in [0.2, 0.25) is 0 Å². The topological polar surface area (TPSA) is 204 Å². The van der Waals surface area contributed by atoms with Crippen LogP contribution in [0, 0.1) is 5.92 Å². The number of nitrogens with zero attached hydrogens (tertiary/aromatic N) is 1. The molecule has 7 N–H and O–H groups in total. The Morgan fingerprint density at radius 3 is 2.23 bits per heavy atom. The Bertz CT molecular complexity index is 1720. The second-order valence-electron chi connectivity index (χ2n) is 14.0. The molecule has 6 atom stereocenters. The highest BCUT2D eigenvalue weighted by Crippen LogP contribution is 2.22. The number of aromatic amines is 1. The summed E-state index contributed by atoms with van der Waals surface area (Å²) in [5, 5.41) is 31.4. The van der Waals surface area contributed by atoms with E-state index in [0.29, 0.717) is 24.2 Å². The number of carbonyl (C=O) groups excluding carboxylic acids is 5. The highest BCUT2D eigenvalue weighted by atomic mass is 16.5. The van der Waals surface area contributed by atoms with Gasteiger partial charge >= 0.3 is 0 Å². The zero-order valence-electron chi connectivity index (χ0n) is 30.0. The minimum absolute atomic E-state index is 0.0841. The maximum atomic E-state index is 13.7. The van der Waals surface area contributed by atoms with Crippen LogP contribution < -0.4 is 31.3 Å². The fourth-order valence-electron chi connectivity index (χ4n) is 6.44. The fourth-order valence-corrected chi connectivity index (χ4v) is 6.44. The zero-order chi connectivity index (χ0) is 37.4. The lowest BCUT2D eigenvalue weighted by atomic mass is 9.95. The van der Waals surface area contributed by atoms with Crippen molar-refractivity contribution in [2.45, 2.75) is 103 Å². The van der Waals surface area contributed by atoms with Gasteiger partial charge in [0.25, 0.3) is 5.91 Å². The smallest absolute Gasteiger partial charge is 0.272 e. The van der Waals surface area contributed by atoms with Crippen LogP contribution in [0.3, 0.4) is 0 Å². The summed E-state index contributed by atoms with van der Waals surface area (Å²) < 4.78 is 6.14. The molecule has 52 heavy (non-hydrogen) atoms. The molecule has 278 valence electrons. The summed E-state index contributed by atoms with van der Waals surface area (Å²) in [5.41, 5.74) is 3.68. The Labute approximate surface area is 303 Å². The average Bonchev–Trinajstić information content (AvgIpc) is 3.56. The van der Waals surface area contributed by atoms with Gasteiger partial charge in [0.15, 0.2) is 5.69 Å². The third-order valence-corrected chi connectivity index (χ3v) is 9.44. The number of nitrogens with one attached hydrogen (secondary N) is 6. The molecule has 0 spiro atoms. The minimum atomic E-state index is -1.44. The van der Waals surface area contributed by atoms with Crippen LogP contribution in [0.15, 0.2) is 54.6 Å². The molecule has 3 aromatic rings. The van der Waals surface area contributed by atoms with Gasteiger partial charge in [-0.1, -0.05) is 56.3 Å². The Balaban J connectivity index is 1.44. The van der Waals surface area contributed by atoms with Gasteiger partial charge in [0, 0.05) is 17.7 Å². The van der Waals surface area contributed by atoms with Crippen LogP contribution >= 0.6 is 0 Å². The lowest BCUT2D eigenvalue weighted by Crippen LogP contribution is -2.61. The molecular weight excluding hydrogens is 666 g/mol. The molecule has 3 heterocycles. The molecule has 6 rings (SSSR count). The van der Waals surface area contributed by atoms with E-state index in [1.165, 1.54) is 13.8 Å². The van der Waals surface area contributed by atoms with Crippen molar-refractivity contribution in [1.29, 1.82) is 0 Å². The second kappa shape index (κ2) is 17.3. The first-order valence-corrected chi connectivity index (χ1v) is 17.9. The van der Waals surface area contributed by atoms with Gasteiger partial charge in [0.05, 0.1) is 12.1 Å². The first kappa shape index (κ1) is 38.0. The molecule has 14 nitrogen and oxygen atoms in total. The van der Waals surface area contributed by atoms with E-state index in [0.717, 1.165) is 36.1 Å². The number of ether oxygens (including phenoxy) is 1. The number of fused-ring (bicyclic) bond motifs is 18. The number of hydrogen-bond donors (Lipinski definition) is 7. The number of aliphatic hydroxyl groups excluding tert-OH is 1. The molecule has 3 aliphatic rings. The molecule has 2 bridgehead atoms. The van der Waals surface area contributed by atoms with Crippen molar-refractivity contribution in [3.05, 3.63) is 82.7 Å². The number of hydrogen-bond acceptors (Lipinski definition) is 8. The highest BCUT2D eigenvalue weighted by Gasteiger charge is 2.34. The summed E-state index contributed by atoms with van der Waals surface area (Å²) in [6.45, 7) is 6.43. The van der Waals surface area contributed by atoms with E-state index >= 15 is 0 Å². The standard InChI is InChI=1S/C38H49N7O7/c1-21(2)31-36(49)40-26(18-24-10-6-5-7-11-24)20-52-27-16-14-25(15-17-27)19-30(41-38(51)33-28-12-8-9-13-29(28)44-45-33)35(48)39-22(3)34(47)43-32(23(4)46)37(50)42-31/h5-7,10-11,14-17,21-23,26,30-32,46H,8-9,12-13,18-20H2,1-4H3,(H,39,48)(H,40,49)(H,41,51)(H,42,50)(H,43,47)(H,44,45)/t22-,23-,26+,30+,31-,32+/m1/s1. The number of benzene rings is 2. The van der Waals surface area contributed by atoms with Gasteiger partial charge in [-0.25, -0.2) is 0 Å². The number of aryl methyl sites for hydroxylation is 1. The number of carbonyl (C=O) groups is 5. The Morgan fingerprint density at radius 2 is 1.54 bits per heavy atom. The lowest BCUT2D eigenvalue weighted by Gasteiger charge is -2.29. The van der Waals surface area contributed by atoms with Crippen LogP contribution in [-0.2, 0) is 44.9 Å². The van der Waals surface area contributed by atoms with Gasteiger partial charge in [0.1, 0.15) is 36.5 Å². The molecule has 0 unspecified atom stereocenters. The number of rotatable bonds is 6. The quantitative estimate of drug-likeness (QED) is 0.185.